The molecular formula is C15H23N7O2. The Kier molecular flexibility index (Phi) is 4.25. The maximum atomic E-state index is 12.3. The number of nitrogens with one attached hydrogen (secondary N) is 1. The number of nitrogens with zero attached hydrogens (tertiary/aromatic N) is 6. The van der Waals surface area contributed by atoms with Crippen LogP contribution in [-0.4, -0.2) is 61.0 Å². The van der Waals surface area contributed by atoms with Crippen molar-refractivity contribution in [2.45, 2.75) is 45.8 Å². The maximum Gasteiger partial charge on any atom is 0.410 e. The fourth-order valence-electron chi connectivity index (χ4n) is 2.67. The smallest absolute Gasteiger partial charge is 0.410 e. The van der Waals surface area contributed by atoms with Gasteiger partial charge in [-0.25, -0.2) is 4.79 Å². The summed E-state index contributed by atoms with van der Waals surface area (Å²) in [6, 6.07) is 3.73. The van der Waals surface area contributed by atoms with Crippen LogP contribution in [0.5, 0.6) is 0 Å². The van der Waals surface area contributed by atoms with Crippen LogP contribution in [0.2, 0.25) is 0 Å². The second-order valence-electron chi connectivity index (χ2n) is 7.19. The van der Waals surface area contributed by atoms with Crippen molar-refractivity contribution in [1.82, 2.24) is 30.2 Å². The summed E-state index contributed by atoms with van der Waals surface area (Å²) in [5, 5.41) is 18.9. The standard InChI is InChI=1S/C15H23N7O2/c1-10-7-8-21(14(23)24-15(2,3)4)9-11(10)16-12-5-6-13-17-19-20-22(13)18-12/h5-6,10-11H,7-9H2,1-4H3,(H,16,18). The van der Waals surface area contributed by atoms with Crippen LogP contribution in [-0.2, 0) is 4.74 Å². The minimum Gasteiger partial charge on any atom is -0.444 e. The van der Waals surface area contributed by atoms with Crippen LogP contribution in [0.4, 0.5) is 10.6 Å². The van der Waals surface area contributed by atoms with E-state index in [1.165, 1.54) is 4.63 Å². The maximum absolute atomic E-state index is 12.3. The highest BCUT2D eigenvalue weighted by Gasteiger charge is 2.31. The number of carbonyl (C=O) groups excluding carboxylic acids is 1. The van der Waals surface area contributed by atoms with Gasteiger partial charge in [-0.15, -0.1) is 14.8 Å². The molecule has 0 saturated carbocycles. The van der Waals surface area contributed by atoms with Crippen molar-refractivity contribution in [3.05, 3.63) is 12.1 Å². The van der Waals surface area contributed by atoms with E-state index < -0.39 is 5.60 Å². The molecule has 2 unspecified atom stereocenters. The zero-order valence-corrected chi connectivity index (χ0v) is 14.4. The third-order valence-corrected chi connectivity index (χ3v) is 4.01. The van der Waals surface area contributed by atoms with Crippen LogP contribution >= 0.6 is 0 Å². The Labute approximate surface area is 140 Å². The molecule has 1 saturated heterocycles. The number of anilines is 1. The highest BCUT2D eigenvalue weighted by atomic mass is 16.6. The minimum absolute atomic E-state index is 0.0905. The lowest BCUT2D eigenvalue weighted by Crippen LogP contribution is -2.50. The molecule has 9 nitrogen and oxygen atoms in total. The highest BCUT2D eigenvalue weighted by Crippen LogP contribution is 2.22. The summed E-state index contributed by atoms with van der Waals surface area (Å²) in [7, 11) is 0. The topological polar surface area (TPSA) is 97.5 Å². The Morgan fingerprint density at radius 1 is 1.38 bits per heavy atom. The first-order valence-corrected chi connectivity index (χ1v) is 8.12. The zero-order chi connectivity index (χ0) is 17.3. The quantitative estimate of drug-likeness (QED) is 0.891. The monoisotopic (exact) mass is 333 g/mol. The number of aromatic nitrogens is 5. The number of likely N-dealkylation sites (tertiary alicyclic amines) is 1. The van der Waals surface area contributed by atoms with E-state index in [0.29, 0.717) is 30.5 Å². The fourth-order valence-corrected chi connectivity index (χ4v) is 2.67. The van der Waals surface area contributed by atoms with Gasteiger partial charge in [-0.1, -0.05) is 6.92 Å². The molecule has 130 valence electrons. The van der Waals surface area contributed by atoms with Gasteiger partial charge >= 0.3 is 6.09 Å². The van der Waals surface area contributed by atoms with E-state index in [2.05, 4.69) is 32.9 Å². The summed E-state index contributed by atoms with van der Waals surface area (Å²) in [6.45, 7) is 9.06. The largest absolute Gasteiger partial charge is 0.444 e. The second kappa shape index (κ2) is 6.21. The Morgan fingerprint density at radius 2 is 2.17 bits per heavy atom. The number of hydrogen-bond acceptors (Lipinski definition) is 7. The molecule has 0 bridgehead atoms. The molecule has 0 radical (unpaired) electrons. The molecule has 0 spiro atoms. The number of ether oxygens (including phenoxy) is 1. The number of piperidine rings is 1. The van der Waals surface area contributed by atoms with Crippen molar-refractivity contribution >= 4 is 17.6 Å². The number of carbonyl (C=O) groups is 1. The van der Waals surface area contributed by atoms with Gasteiger partial charge in [-0.05, 0) is 55.7 Å². The van der Waals surface area contributed by atoms with E-state index in [1.807, 2.05) is 26.8 Å². The van der Waals surface area contributed by atoms with Crippen LogP contribution in [0.25, 0.3) is 5.65 Å². The first-order valence-electron chi connectivity index (χ1n) is 8.12. The lowest BCUT2D eigenvalue weighted by atomic mass is 9.93. The predicted molar refractivity (Wildman–Crippen MR) is 87.6 cm³/mol. The molecule has 2 aromatic rings. The van der Waals surface area contributed by atoms with E-state index >= 15 is 0 Å². The summed E-state index contributed by atoms with van der Waals surface area (Å²) < 4.78 is 6.85. The molecule has 9 heteroatoms. The molecular weight excluding hydrogens is 310 g/mol. The van der Waals surface area contributed by atoms with Crippen molar-refractivity contribution < 1.29 is 9.53 Å². The summed E-state index contributed by atoms with van der Waals surface area (Å²) >= 11 is 0. The van der Waals surface area contributed by atoms with Gasteiger partial charge in [0.15, 0.2) is 5.65 Å². The van der Waals surface area contributed by atoms with Crippen molar-refractivity contribution in [3.63, 3.8) is 0 Å². The van der Waals surface area contributed by atoms with Gasteiger partial charge in [0.2, 0.25) is 0 Å². The lowest BCUT2D eigenvalue weighted by molar-refractivity contribution is 0.0176. The molecule has 1 aliphatic rings. The van der Waals surface area contributed by atoms with Crippen molar-refractivity contribution in [2.75, 3.05) is 18.4 Å². The highest BCUT2D eigenvalue weighted by molar-refractivity contribution is 5.68. The van der Waals surface area contributed by atoms with Gasteiger partial charge in [0.05, 0.1) is 0 Å². The number of rotatable bonds is 2. The number of tetrazole rings is 1. The van der Waals surface area contributed by atoms with Crippen LogP contribution in [0.1, 0.15) is 34.1 Å². The molecule has 1 aliphatic heterocycles. The summed E-state index contributed by atoms with van der Waals surface area (Å²) in [4.78, 5) is 14.0. The van der Waals surface area contributed by atoms with Gasteiger partial charge in [-0.3, -0.25) is 0 Å². The zero-order valence-electron chi connectivity index (χ0n) is 14.4. The average Bonchev–Trinajstić information content (AvgIpc) is 2.95. The van der Waals surface area contributed by atoms with E-state index in [1.54, 1.807) is 11.0 Å². The van der Waals surface area contributed by atoms with Crippen molar-refractivity contribution in [3.8, 4) is 0 Å². The number of hydrogen-bond donors (Lipinski definition) is 1. The Balaban J connectivity index is 1.68. The first kappa shape index (κ1) is 16.4. The van der Waals surface area contributed by atoms with Crippen molar-refractivity contribution in [1.29, 1.82) is 0 Å². The molecule has 2 atom stereocenters. The van der Waals surface area contributed by atoms with Gasteiger partial charge in [0.1, 0.15) is 11.4 Å². The predicted octanol–water partition coefficient (Wildman–Crippen LogP) is 1.58. The van der Waals surface area contributed by atoms with E-state index in [-0.39, 0.29) is 12.1 Å². The third-order valence-electron chi connectivity index (χ3n) is 4.01. The Morgan fingerprint density at radius 3 is 2.92 bits per heavy atom. The fraction of sp³-hybridized carbons (Fsp3) is 0.667. The van der Waals surface area contributed by atoms with Crippen LogP contribution in [0.3, 0.4) is 0 Å². The molecule has 3 heterocycles. The van der Waals surface area contributed by atoms with Gasteiger partial charge in [0, 0.05) is 19.1 Å². The van der Waals surface area contributed by atoms with E-state index in [9.17, 15) is 4.79 Å². The van der Waals surface area contributed by atoms with Gasteiger partial charge < -0.3 is 15.0 Å². The molecule has 1 amide bonds. The summed E-state index contributed by atoms with van der Waals surface area (Å²) in [5.74, 6) is 1.09. The van der Waals surface area contributed by atoms with Crippen LogP contribution < -0.4 is 5.32 Å². The lowest BCUT2D eigenvalue weighted by Gasteiger charge is -2.38. The average molecular weight is 333 g/mol. The van der Waals surface area contributed by atoms with E-state index in [0.717, 1.165) is 6.42 Å². The normalized spacial score (nSPS) is 21.8. The molecule has 0 aliphatic carbocycles. The molecule has 2 aromatic heterocycles. The van der Waals surface area contributed by atoms with Crippen LogP contribution in [0.15, 0.2) is 12.1 Å². The molecule has 24 heavy (non-hydrogen) atoms. The Hall–Kier alpha value is -2.45. The van der Waals surface area contributed by atoms with Gasteiger partial charge in [0.25, 0.3) is 0 Å². The minimum atomic E-state index is -0.490. The SMILES string of the molecule is CC1CCN(C(=O)OC(C)(C)C)CC1Nc1ccc2nnnn2n1. The summed E-state index contributed by atoms with van der Waals surface area (Å²) in [6.07, 6.45) is 0.634. The Bertz CT molecular complexity index is 724. The summed E-state index contributed by atoms with van der Waals surface area (Å²) in [5.41, 5.74) is 0.100. The third kappa shape index (κ3) is 3.72. The first-order chi connectivity index (χ1) is 11.3. The number of amides is 1. The van der Waals surface area contributed by atoms with E-state index in [4.69, 9.17) is 4.74 Å². The number of fused-ring (bicyclic) bond motifs is 1. The van der Waals surface area contributed by atoms with Gasteiger partial charge in [-0.2, -0.15) is 0 Å². The molecule has 0 aromatic carbocycles. The molecule has 1 N–H and O–H groups in total. The molecule has 3 rings (SSSR count). The molecule has 1 fully saturated rings. The van der Waals surface area contributed by atoms with Crippen molar-refractivity contribution in [2.24, 2.45) is 5.92 Å². The van der Waals surface area contributed by atoms with Crippen LogP contribution in [0, 0.1) is 5.92 Å². The second-order valence-corrected chi connectivity index (χ2v) is 7.19.